The van der Waals surface area contributed by atoms with Crippen molar-refractivity contribution in [3.05, 3.63) is 76.6 Å². The molecule has 0 atom stereocenters. The minimum atomic E-state index is 0.0128. The van der Waals surface area contributed by atoms with E-state index in [1.165, 1.54) is 11.3 Å². The van der Waals surface area contributed by atoms with Crippen molar-refractivity contribution in [1.29, 1.82) is 0 Å². The van der Waals surface area contributed by atoms with Gasteiger partial charge in [0.15, 0.2) is 6.61 Å². The summed E-state index contributed by atoms with van der Waals surface area (Å²) in [5.41, 5.74) is 4.55. The van der Waals surface area contributed by atoms with Crippen LogP contribution >= 0.6 is 11.6 Å². The molecule has 0 spiro atoms. The van der Waals surface area contributed by atoms with Crippen LogP contribution in [0.5, 0.6) is 5.75 Å². The van der Waals surface area contributed by atoms with Gasteiger partial charge in [-0.05, 0) is 50.2 Å². The molecule has 6 nitrogen and oxygen atoms in total. The molecule has 0 unspecified atom stereocenters. The molecule has 1 saturated heterocycles. The number of benzene rings is 2. The van der Waals surface area contributed by atoms with Gasteiger partial charge in [0.1, 0.15) is 5.75 Å². The van der Waals surface area contributed by atoms with Crippen LogP contribution in [0.15, 0.2) is 54.6 Å². The zero-order valence-corrected chi connectivity index (χ0v) is 18.7. The van der Waals surface area contributed by atoms with E-state index in [-0.39, 0.29) is 12.5 Å². The lowest BCUT2D eigenvalue weighted by Gasteiger charge is -2.34. The number of rotatable bonds is 6. The van der Waals surface area contributed by atoms with Crippen molar-refractivity contribution in [2.24, 2.45) is 0 Å². The SMILES string of the molecule is Cc1nn(-c2ccccc2)c(C)c1CN1CCN(C(=O)COc2ccc(Cl)cc2)CC1. The molecule has 3 aromatic rings. The minimum absolute atomic E-state index is 0.0128. The number of nitrogens with zero attached hydrogens (tertiary/aromatic N) is 4. The molecule has 0 saturated carbocycles. The third-order valence-electron chi connectivity index (χ3n) is 5.72. The van der Waals surface area contributed by atoms with E-state index in [1.54, 1.807) is 24.3 Å². The molecule has 1 aliphatic heterocycles. The predicted octanol–water partition coefficient (Wildman–Crippen LogP) is 3.87. The lowest BCUT2D eigenvalue weighted by Crippen LogP contribution is -2.49. The summed E-state index contributed by atoms with van der Waals surface area (Å²) in [6, 6.07) is 17.3. The number of amides is 1. The third kappa shape index (κ3) is 5.09. The van der Waals surface area contributed by atoms with E-state index in [0.717, 1.165) is 31.0 Å². The number of para-hydroxylation sites is 1. The Bertz CT molecular complexity index is 1030. The zero-order chi connectivity index (χ0) is 21.8. The Morgan fingerprint density at radius 3 is 2.35 bits per heavy atom. The highest BCUT2D eigenvalue weighted by Gasteiger charge is 2.23. The van der Waals surface area contributed by atoms with Crippen molar-refractivity contribution < 1.29 is 9.53 Å². The first-order chi connectivity index (χ1) is 15.0. The summed E-state index contributed by atoms with van der Waals surface area (Å²) in [6.45, 7) is 8.15. The van der Waals surface area contributed by atoms with Crippen LogP contribution in [-0.2, 0) is 11.3 Å². The number of aryl methyl sites for hydroxylation is 1. The quantitative estimate of drug-likeness (QED) is 0.586. The van der Waals surface area contributed by atoms with Crippen LogP contribution in [0.3, 0.4) is 0 Å². The van der Waals surface area contributed by atoms with Gasteiger partial charge in [0.05, 0.1) is 11.4 Å². The topological polar surface area (TPSA) is 50.6 Å². The van der Waals surface area contributed by atoms with Gasteiger partial charge >= 0.3 is 0 Å². The van der Waals surface area contributed by atoms with E-state index < -0.39 is 0 Å². The largest absolute Gasteiger partial charge is 0.484 e. The average Bonchev–Trinajstić information content (AvgIpc) is 3.08. The zero-order valence-electron chi connectivity index (χ0n) is 17.9. The maximum Gasteiger partial charge on any atom is 0.260 e. The molecule has 2 heterocycles. The molecule has 162 valence electrons. The molecule has 0 bridgehead atoms. The molecule has 1 aromatic heterocycles. The van der Waals surface area contributed by atoms with Crippen LogP contribution in [-0.4, -0.2) is 58.3 Å². The Labute approximate surface area is 188 Å². The first-order valence-electron chi connectivity index (χ1n) is 10.5. The molecule has 0 aliphatic carbocycles. The van der Waals surface area contributed by atoms with Gasteiger partial charge in [-0.2, -0.15) is 5.10 Å². The number of piperazine rings is 1. The van der Waals surface area contributed by atoms with Crippen molar-refractivity contribution >= 4 is 17.5 Å². The van der Waals surface area contributed by atoms with Gasteiger partial charge in [-0.3, -0.25) is 9.69 Å². The highest BCUT2D eigenvalue weighted by Crippen LogP contribution is 2.20. The van der Waals surface area contributed by atoms with Crippen LogP contribution in [0.2, 0.25) is 5.02 Å². The predicted molar refractivity (Wildman–Crippen MR) is 122 cm³/mol. The molecule has 1 amide bonds. The monoisotopic (exact) mass is 438 g/mol. The fourth-order valence-electron chi connectivity index (χ4n) is 3.87. The van der Waals surface area contributed by atoms with Gasteiger partial charge in [-0.25, -0.2) is 4.68 Å². The maximum atomic E-state index is 12.5. The molecular weight excluding hydrogens is 412 g/mol. The van der Waals surface area contributed by atoms with E-state index in [4.69, 9.17) is 21.4 Å². The summed E-state index contributed by atoms with van der Waals surface area (Å²) in [7, 11) is 0. The number of halogens is 1. The van der Waals surface area contributed by atoms with Crippen LogP contribution in [0.1, 0.15) is 17.0 Å². The Balaban J connectivity index is 1.31. The maximum absolute atomic E-state index is 12.5. The third-order valence-corrected chi connectivity index (χ3v) is 5.98. The van der Waals surface area contributed by atoms with Crippen LogP contribution in [0.4, 0.5) is 0 Å². The fraction of sp³-hybridized carbons (Fsp3) is 0.333. The Morgan fingerprint density at radius 2 is 1.68 bits per heavy atom. The summed E-state index contributed by atoms with van der Waals surface area (Å²) < 4.78 is 7.61. The molecule has 7 heteroatoms. The highest BCUT2D eigenvalue weighted by atomic mass is 35.5. The Hall–Kier alpha value is -2.83. The second kappa shape index (κ2) is 9.54. The number of carbonyl (C=O) groups is 1. The molecule has 1 fully saturated rings. The molecule has 4 rings (SSSR count). The lowest BCUT2D eigenvalue weighted by molar-refractivity contribution is -0.135. The van der Waals surface area contributed by atoms with Crippen LogP contribution in [0, 0.1) is 13.8 Å². The standard InChI is InChI=1S/C24H27ClN4O2/c1-18-23(19(2)29(26-18)21-6-4-3-5-7-21)16-27-12-14-28(15-13-27)24(30)17-31-22-10-8-20(25)9-11-22/h3-11H,12-17H2,1-2H3. The van der Waals surface area contributed by atoms with E-state index >= 15 is 0 Å². The second-order valence-corrected chi connectivity index (χ2v) is 8.23. The smallest absolute Gasteiger partial charge is 0.260 e. The van der Waals surface area contributed by atoms with E-state index in [0.29, 0.717) is 23.9 Å². The van der Waals surface area contributed by atoms with Crippen molar-refractivity contribution in [2.45, 2.75) is 20.4 Å². The normalized spacial score (nSPS) is 14.6. The summed E-state index contributed by atoms with van der Waals surface area (Å²) in [4.78, 5) is 16.8. The second-order valence-electron chi connectivity index (χ2n) is 7.80. The van der Waals surface area contributed by atoms with Crippen molar-refractivity contribution in [1.82, 2.24) is 19.6 Å². The van der Waals surface area contributed by atoms with Crippen molar-refractivity contribution in [2.75, 3.05) is 32.8 Å². The number of hydrogen-bond acceptors (Lipinski definition) is 4. The molecular formula is C24H27ClN4O2. The molecule has 0 N–H and O–H groups in total. The van der Waals surface area contributed by atoms with Gasteiger partial charge in [0.2, 0.25) is 0 Å². The summed E-state index contributed by atoms with van der Waals surface area (Å²) in [6.07, 6.45) is 0. The Morgan fingerprint density at radius 1 is 1.00 bits per heavy atom. The first kappa shape index (κ1) is 21.4. The lowest BCUT2D eigenvalue weighted by atomic mass is 10.1. The number of ether oxygens (including phenoxy) is 1. The number of aromatic nitrogens is 2. The summed E-state index contributed by atoms with van der Waals surface area (Å²) in [5, 5.41) is 5.40. The number of hydrogen-bond donors (Lipinski definition) is 0. The van der Waals surface area contributed by atoms with E-state index in [2.05, 4.69) is 30.9 Å². The van der Waals surface area contributed by atoms with Gasteiger partial charge in [0, 0.05) is 49.0 Å². The van der Waals surface area contributed by atoms with Crippen LogP contribution < -0.4 is 4.74 Å². The van der Waals surface area contributed by atoms with Gasteiger partial charge < -0.3 is 9.64 Å². The van der Waals surface area contributed by atoms with Gasteiger partial charge in [-0.15, -0.1) is 0 Å². The number of carbonyl (C=O) groups excluding carboxylic acids is 1. The highest BCUT2D eigenvalue weighted by molar-refractivity contribution is 6.30. The van der Waals surface area contributed by atoms with Crippen molar-refractivity contribution in [3.8, 4) is 11.4 Å². The minimum Gasteiger partial charge on any atom is -0.484 e. The first-order valence-corrected chi connectivity index (χ1v) is 10.9. The summed E-state index contributed by atoms with van der Waals surface area (Å²) in [5.74, 6) is 0.664. The molecule has 31 heavy (non-hydrogen) atoms. The summed E-state index contributed by atoms with van der Waals surface area (Å²) >= 11 is 5.88. The molecule has 0 radical (unpaired) electrons. The van der Waals surface area contributed by atoms with Gasteiger partial charge in [0.25, 0.3) is 5.91 Å². The van der Waals surface area contributed by atoms with E-state index in [9.17, 15) is 4.79 Å². The molecule has 2 aromatic carbocycles. The molecule has 1 aliphatic rings. The fourth-order valence-corrected chi connectivity index (χ4v) is 4.00. The van der Waals surface area contributed by atoms with Crippen molar-refractivity contribution in [3.63, 3.8) is 0 Å². The van der Waals surface area contributed by atoms with Gasteiger partial charge in [-0.1, -0.05) is 29.8 Å². The Kier molecular flexibility index (Phi) is 6.59. The average molecular weight is 439 g/mol. The van der Waals surface area contributed by atoms with E-state index in [1.807, 2.05) is 27.8 Å². The van der Waals surface area contributed by atoms with Crippen LogP contribution in [0.25, 0.3) is 5.69 Å².